The first-order valence-corrected chi connectivity index (χ1v) is 8.67. The van der Waals surface area contributed by atoms with Gasteiger partial charge < -0.3 is 15.2 Å². The lowest BCUT2D eigenvalue weighted by atomic mass is 10.3. The van der Waals surface area contributed by atoms with E-state index in [1.807, 2.05) is 0 Å². The molecule has 0 bridgehead atoms. The second-order valence-electron chi connectivity index (χ2n) is 4.73. The summed E-state index contributed by atoms with van der Waals surface area (Å²) < 4.78 is 31.6. The van der Waals surface area contributed by atoms with E-state index in [0.717, 1.165) is 0 Å². The molecule has 8 heteroatoms. The van der Waals surface area contributed by atoms with Gasteiger partial charge in [-0.05, 0) is 18.2 Å². The number of halogens is 1. The zero-order chi connectivity index (χ0) is 15.3. The van der Waals surface area contributed by atoms with Crippen LogP contribution in [0.25, 0.3) is 0 Å². The van der Waals surface area contributed by atoms with E-state index in [4.69, 9.17) is 16.3 Å². The lowest BCUT2D eigenvalue weighted by molar-refractivity contribution is 0.0730. The monoisotopic (exact) mass is 334 g/mol. The molecular formula is C13H19ClN2O4S. The molecule has 118 valence electrons. The summed E-state index contributed by atoms with van der Waals surface area (Å²) >= 11 is 5.52. The average Bonchev–Trinajstić information content (AvgIpc) is 2.53. The smallest absolute Gasteiger partial charge is 0.243 e. The fourth-order valence-corrected chi connectivity index (χ4v) is 3.56. The number of aliphatic hydroxyl groups is 1. The summed E-state index contributed by atoms with van der Waals surface area (Å²) in [6.45, 7) is 1.83. The van der Waals surface area contributed by atoms with E-state index in [1.165, 1.54) is 4.31 Å². The third-order valence-electron chi connectivity index (χ3n) is 3.16. The first-order chi connectivity index (χ1) is 10.0. The molecule has 1 aliphatic rings. The van der Waals surface area contributed by atoms with Crippen LogP contribution in [0.4, 0.5) is 5.69 Å². The van der Waals surface area contributed by atoms with Crippen LogP contribution in [0.5, 0.6) is 0 Å². The van der Waals surface area contributed by atoms with Crippen LogP contribution >= 0.6 is 11.6 Å². The van der Waals surface area contributed by atoms with Gasteiger partial charge in [-0.1, -0.05) is 6.07 Å². The SMILES string of the molecule is O=S(=O)(c1cccc(NCC(O)CCl)c1)N1CCOCC1. The number of rotatable bonds is 6. The molecule has 0 saturated carbocycles. The summed E-state index contributed by atoms with van der Waals surface area (Å²) in [6.07, 6.45) is -0.675. The highest BCUT2D eigenvalue weighted by molar-refractivity contribution is 7.89. The van der Waals surface area contributed by atoms with E-state index in [9.17, 15) is 13.5 Å². The van der Waals surface area contributed by atoms with E-state index < -0.39 is 16.1 Å². The Balaban J connectivity index is 2.12. The van der Waals surface area contributed by atoms with E-state index in [-0.39, 0.29) is 17.3 Å². The van der Waals surface area contributed by atoms with Crippen molar-refractivity contribution in [1.82, 2.24) is 4.31 Å². The van der Waals surface area contributed by atoms with Crippen molar-refractivity contribution in [2.45, 2.75) is 11.0 Å². The van der Waals surface area contributed by atoms with Crippen LogP contribution in [0.1, 0.15) is 0 Å². The number of morpholine rings is 1. The molecule has 0 radical (unpaired) electrons. The number of nitrogens with one attached hydrogen (secondary N) is 1. The van der Waals surface area contributed by atoms with Crippen molar-refractivity contribution in [3.63, 3.8) is 0 Å². The summed E-state index contributed by atoms with van der Waals surface area (Å²) in [7, 11) is -3.50. The number of aliphatic hydroxyl groups excluding tert-OH is 1. The number of hydrogen-bond acceptors (Lipinski definition) is 5. The van der Waals surface area contributed by atoms with Crippen LogP contribution in [-0.4, -0.2) is 62.7 Å². The van der Waals surface area contributed by atoms with Gasteiger partial charge in [0.25, 0.3) is 0 Å². The standard InChI is InChI=1S/C13H19ClN2O4S/c14-9-12(17)10-15-11-2-1-3-13(8-11)21(18,19)16-4-6-20-7-5-16/h1-3,8,12,15,17H,4-7,9-10H2. The van der Waals surface area contributed by atoms with Crippen LogP contribution in [0, 0.1) is 0 Å². The van der Waals surface area contributed by atoms with E-state index in [1.54, 1.807) is 24.3 Å². The van der Waals surface area contributed by atoms with Crippen molar-refractivity contribution >= 4 is 27.3 Å². The highest BCUT2D eigenvalue weighted by Crippen LogP contribution is 2.20. The van der Waals surface area contributed by atoms with Crippen molar-refractivity contribution in [3.05, 3.63) is 24.3 Å². The Morgan fingerprint density at radius 1 is 1.38 bits per heavy atom. The van der Waals surface area contributed by atoms with Gasteiger partial charge >= 0.3 is 0 Å². The van der Waals surface area contributed by atoms with Gasteiger partial charge in [-0.2, -0.15) is 4.31 Å². The molecule has 1 aromatic carbocycles. The molecule has 1 heterocycles. The van der Waals surface area contributed by atoms with Gasteiger partial charge in [-0.3, -0.25) is 0 Å². The van der Waals surface area contributed by atoms with E-state index in [2.05, 4.69) is 5.32 Å². The van der Waals surface area contributed by atoms with Gasteiger partial charge in [0.1, 0.15) is 0 Å². The zero-order valence-corrected chi connectivity index (χ0v) is 13.1. The second-order valence-corrected chi connectivity index (χ2v) is 6.98. The lowest BCUT2D eigenvalue weighted by Gasteiger charge is -2.26. The molecule has 1 unspecified atom stereocenters. The predicted molar refractivity (Wildman–Crippen MR) is 81.2 cm³/mol. The lowest BCUT2D eigenvalue weighted by Crippen LogP contribution is -2.40. The molecule has 1 aliphatic heterocycles. The summed E-state index contributed by atoms with van der Waals surface area (Å²) in [5.41, 5.74) is 0.633. The number of benzene rings is 1. The first kappa shape index (κ1) is 16.5. The van der Waals surface area contributed by atoms with Crippen molar-refractivity contribution in [2.75, 3.05) is 44.0 Å². The maximum atomic E-state index is 12.5. The quantitative estimate of drug-likeness (QED) is 0.749. The summed E-state index contributed by atoms with van der Waals surface area (Å²) in [5, 5.41) is 12.4. The van der Waals surface area contributed by atoms with Crippen molar-refractivity contribution in [2.24, 2.45) is 0 Å². The van der Waals surface area contributed by atoms with Gasteiger partial charge in [0.05, 0.1) is 30.1 Å². The van der Waals surface area contributed by atoms with Gasteiger partial charge in [-0.15, -0.1) is 11.6 Å². The summed E-state index contributed by atoms with van der Waals surface area (Å²) in [6, 6.07) is 6.54. The molecule has 1 atom stereocenters. The topological polar surface area (TPSA) is 78.9 Å². The van der Waals surface area contributed by atoms with Crippen LogP contribution in [0.3, 0.4) is 0 Å². The fraction of sp³-hybridized carbons (Fsp3) is 0.538. The second kappa shape index (κ2) is 7.42. The van der Waals surface area contributed by atoms with Gasteiger partial charge in [0, 0.05) is 25.3 Å². The van der Waals surface area contributed by atoms with Crippen molar-refractivity contribution in [3.8, 4) is 0 Å². The van der Waals surface area contributed by atoms with Crippen LogP contribution < -0.4 is 5.32 Å². The predicted octanol–water partition coefficient (Wildman–Crippen LogP) is 0.719. The minimum atomic E-state index is -3.50. The number of sulfonamides is 1. The number of anilines is 1. The van der Waals surface area contributed by atoms with Crippen molar-refractivity contribution in [1.29, 1.82) is 0 Å². The Morgan fingerprint density at radius 3 is 2.76 bits per heavy atom. The molecule has 0 aromatic heterocycles. The minimum Gasteiger partial charge on any atom is -0.390 e. The molecule has 6 nitrogen and oxygen atoms in total. The number of hydrogen-bond donors (Lipinski definition) is 2. The molecule has 0 spiro atoms. The molecule has 2 N–H and O–H groups in total. The number of nitrogens with zero attached hydrogens (tertiary/aromatic N) is 1. The molecule has 1 saturated heterocycles. The third kappa shape index (κ3) is 4.31. The average molecular weight is 335 g/mol. The fourth-order valence-electron chi connectivity index (χ4n) is 1.99. The Labute approximate surface area is 129 Å². The van der Waals surface area contributed by atoms with Crippen LogP contribution in [0.15, 0.2) is 29.2 Å². The van der Waals surface area contributed by atoms with Gasteiger partial charge in [0.2, 0.25) is 10.0 Å². The Hall–Kier alpha value is -0.860. The Morgan fingerprint density at radius 2 is 2.10 bits per heavy atom. The summed E-state index contributed by atoms with van der Waals surface area (Å²) in [5.74, 6) is 0.124. The van der Waals surface area contributed by atoms with Crippen LogP contribution in [0.2, 0.25) is 0 Å². The molecular weight excluding hydrogens is 316 g/mol. The molecule has 2 rings (SSSR count). The molecule has 0 aliphatic carbocycles. The van der Waals surface area contributed by atoms with Crippen LogP contribution in [-0.2, 0) is 14.8 Å². The van der Waals surface area contributed by atoms with Gasteiger partial charge in [0.15, 0.2) is 0 Å². The third-order valence-corrected chi connectivity index (χ3v) is 5.41. The summed E-state index contributed by atoms with van der Waals surface area (Å²) in [4.78, 5) is 0.231. The minimum absolute atomic E-state index is 0.124. The maximum absolute atomic E-state index is 12.5. The molecule has 1 fully saturated rings. The van der Waals surface area contributed by atoms with E-state index >= 15 is 0 Å². The van der Waals surface area contributed by atoms with Gasteiger partial charge in [-0.25, -0.2) is 8.42 Å². The molecule has 21 heavy (non-hydrogen) atoms. The van der Waals surface area contributed by atoms with E-state index in [0.29, 0.717) is 32.0 Å². The molecule has 1 aromatic rings. The number of alkyl halides is 1. The Kier molecular flexibility index (Phi) is 5.83. The first-order valence-electron chi connectivity index (χ1n) is 6.70. The molecule has 0 amide bonds. The van der Waals surface area contributed by atoms with Crippen molar-refractivity contribution < 1.29 is 18.3 Å². The zero-order valence-electron chi connectivity index (χ0n) is 11.5. The normalized spacial score (nSPS) is 18.4. The largest absolute Gasteiger partial charge is 0.390 e. The highest BCUT2D eigenvalue weighted by Gasteiger charge is 2.26. The highest BCUT2D eigenvalue weighted by atomic mass is 35.5. The number of ether oxygens (including phenoxy) is 1. The maximum Gasteiger partial charge on any atom is 0.243 e. The Bertz CT molecular complexity index is 561.